The Morgan fingerprint density at radius 3 is 2.68 bits per heavy atom. The lowest BCUT2D eigenvalue weighted by molar-refractivity contribution is 0.146. The molecular weight excluding hydrogens is 320 g/mol. The normalized spacial score (nSPS) is 27.4. The third kappa shape index (κ3) is 3.11. The zero-order valence-electron chi connectivity index (χ0n) is 14.1. The van der Waals surface area contributed by atoms with Gasteiger partial charge >= 0.3 is 6.03 Å². The third-order valence-corrected chi connectivity index (χ3v) is 5.51. The molecule has 3 N–H and O–H groups in total. The van der Waals surface area contributed by atoms with E-state index in [9.17, 15) is 9.90 Å². The van der Waals surface area contributed by atoms with Gasteiger partial charge < -0.3 is 20.2 Å². The lowest BCUT2D eigenvalue weighted by Crippen LogP contribution is -2.46. The summed E-state index contributed by atoms with van der Waals surface area (Å²) in [6.45, 7) is 1.89. The van der Waals surface area contributed by atoms with Crippen LogP contribution in [0.4, 0.5) is 10.5 Å². The van der Waals surface area contributed by atoms with Crippen molar-refractivity contribution in [3.05, 3.63) is 30.2 Å². The molecule has 132 valence electrons. The van der Waals surface area contributed by atoms with Crippen LogP contribution in [0.25, 0.3) is 11.5 Å². The summed E-state index contributed by atoms with van der Waals surface area (Å²) >= 11 is 0. The molecule has 2 aliphatic rings. The number of benzene rings is 1. The Morgan fingerprint density at radius 2 is 2.00 bits per heavy atom. The lowest BCUT2D eigenvalue weighted by atomic mass is 9.85. The van der Waals surface area contributed by atoms with E-state index in [0.717, 1.165) is 18.4 Å². The van der Waals surface area contributed by atoms with Gasteiger partial charge in [-0.15, -0.1) is 10.2 Å². The summed E-state index contributed by atoms with van der Waals surface area (Å²) in [6.07, 6.45) is 3.44. The van der Waals surface area contributed by atoms with Gasteiger partial charge in [-0.3, -0.25) is 0 Å². The van der Waals surface area contributed by atoms with Crippen molar-refractivity contribution in [2.24, 2.45) is 17.8 Å². The Balaban J connectivity index is 1.38. The van der Waals surface area contributed by atoms with E-state index in [0.29, 0.717) is 29.3 Å². The Hall–Kier alpha value is -2.41. The number of aryl methyl sites for hydroxylation is 1. The maximum absolute atomic E-state index is 12.3. The maximum Gasteiger partial charge on any atom is 0.319 e. The van der Waals surface area contributed by atoms with Gasteiger partial charge in [-0.05, 0) is 55.4 Å². The van der Waals surface area contributed by atoms with Crippen LogP contribution >= 0.6 is 0 Å². The van der Waals surface area contributed by atoms with E-state index >= 15 is 0 Å². The number of aliphatic hydroxyl groups excluding tert-OH is 1. The van der Waals surface area contributed by atoms with Crippen LogP contribution in [0.15, 0.2) is 28.7 Å². The molecule has 0 aliphatic heterocycles. The first-order valence-electron chi connectivity index (χ1n) is 8.73. The predicted octanol–water partition coefficient (Wildman–Crippen LogP) is 2.57. The molecule has 4 rings (SSSR count). The standard InChI is InChI=1S/C18H22N4O3/c1-10-21-22-17(25-10)11-4-6-14(7-5-11)19-18(24)20-16-13-3-2-12(8-13)15(16)9-23/h4-7,12-13,15-16,23H,2-3,8-9H2,1H3,(H2,19,20,24). The second kappa shape index (κ2) is 6.48. The van der Waals surface area contributed by atoms with Crippen molar-refractivity contribution in [2.45, 2.75) is 32.2 Å². The molecule has 2 amide bonds. The minimum Gasteiger partial charge on any atom is -0.421 e. The fourth-order valence-electron chi connectivity index (χ4n) is 4.33. The predicted molar refractivity (Wildman–Crippen MR) is 91.8 cm³/mol. The van der Waals surface area contributed by atoms with Gasteiger partial charge in [-0.2, -0.15) is 0 Å². The minimum absolute atomic E-state index is 0.0735. The van der Waals surface area contributed by atoms with Crippen molar-refractivity contribution in [1.82, 2.24) is 15.5 Å². The summed E-state index contributed by atoms with van der Waals surface area (Å²) in [4.78, 5) is 12.3. The summed E-state index contributed by atoms with van der Waals surface area (Å²) in [5.41, 5.74) is 1.50. The van der Waals surface area contributed by atoms with Crippen molar-refractivity contribution < 1.29 is 14.3 Å². The molecule has 2 bridgehead atoms. The molecule has 1 heterocycles. The number of urea groups is 1. The molecule has 1 aromatic heterocycles. The zero-order valence-corrected chi connectivity index (χ0v) is 14.1. The average Bonchev–Trinajstić information content (AvgIpc) is 3.31. The molecule has 2 aliphatic carbocycles. The molecule has 0 radical (unpaired) electrons. The van der Waals surface area contributed by atoms with Crippen molar-refractivity contribution in [1.29, 1.82) is 0 Å². The highest BCUT2D eigenvalue weighted by atomic mass is 16.4. The van der Waals surface area contributed by atoms with E-state index in [2.05, 4.69) is 20.8 Å². The SMILES string of the molecule is Cc1nnc(-c2ccc(NC(=O)NC3C4CCC(C4)C3CO)cc2)o1. The fourth-order valence-corrected chi connectivity index (χ4v) is 4.33. The second-order valence-corrected chi connectivity index (χ2v) is 7.01. The summed E-state index contributed by atoms with van der Waals surface area (Å²) in [6, 6.07) is 7.12. The number of rotatable bonds is 4. The van der Waals surface area contributed by atoms with Gasteiger partial charge in [0.2, 0.25) is 11.8 Å². The number of nitrogens with one attached hydrogen (secondary N) is 2. The Bertz CT molecular complexity index is 758. The number of aliphatic hydroxyl groups is 1. The van der Waals surface area contributed by atoms with Crippen molar-refractivity contribution in [3.63, 3.8) is 0 Å². The topological polar surface area (TPSA) is 100 Å². The van der Waals surface area contributed by atoms with E-state index in [4.69, 9.17) is 4.42 Å². The van der Waals surface area contributed by atoms with Gasteiger partial charge in [-0.25, -0.2) is 4.79 Å². The highest BCUT2D eigenvalue weighted by molar-refractivity contribution is 5.89. The van der Waals surface area contributed by atoms with Crippen LogP contribution in [-0.2, 0) is 0 Å². The first kappa shape index (κ1) is 16.1. The largest absolute Gasteiger partial charge is 0.421 e. The molecule has 4 unspecified atom stereocenters. The van der Waals surface area contributed by atoms with Crippen LogP contribution < -0.4 is 10.6 Å². The number of nitrogens with zero attached hydrogens (tertiary/aromatic N) is 2. The van der Waals surface area contributed by atoms with Crippen LogP contribution in [0.2, 0.25) is 0 Å². The van der Waals surface area contributed by atoms with Gasteiger partial charge in [0, 0.05) is 36.7 Å². The number of aromatic nitrogens is 2. The summed E-state index contributed by atoms with van der Waals surface area (Å²) in [7, 11) is 0. The molecular formula is C18H22N4O3. The molecule has 25 heavy (non-hydrogen) atoms. The molecule has 2 fully saturated rings. The van der Waals surface area contributed by atoms with E-state index in [1.54, 1.807) is 19.1 Å². The monoisotopic (exact) mass is 342 g/mol. The van der Waals surface area contributed by atoms with E-state index in [-0.39, 0.29) is 24.6 Å². The Kier molecular flexibility index (Phi) is 4.17. The quantitative estimate of drug-likeness (QED) is 0.793. The Labute approximate surface area is 145 Å². The molecule has 4 atom stereocenters. The van der Waals surface area contributed by atoms with Gasteiger partial charge in [0.15, 0.2) is 0 Å². The number of hydrogen-bond donors (Lipinski definition) is 3. The van der Waals surface area contributed by atoms with Crippen molar-refractivity contribution in [2.75, 3.05) is 11.9 Å². The highest BCUT2D eigenvalue weighted by Gasteiger charge is 2.47. The number of fused-ring (bicyclic) bond motifs is 2. The van der Waals surface area contributed by atoms with Gasteiger partial charge in [0.25, 0.3) is 0 Å². The Morgan fingerprint density at radius 1 is 1.24 bits per heavy atom. The molecule has 7 nitrogen and oxygen atoms in total. The second-order valence-electron chi connectivity index (χ2n) is 7.01. The fraction of sp³-hybridized carbons (Fsp3) is 0.500. The number of amides is 2. The van der Waals surface area contributed by atoms with Crippen LogP contribution in [0.1, 0.15) is 25.2 Å². The molecule has 1 aromatic carbocycles. The zero-order chi connectivity index (χ0) is 17.4. The maximum atomic E-state index is 12.3. The van der Waals surface area contributed by atoms with Crippen molar-refractivity contribution >= 4 is 11.7 Å². The summed E-state index contributed by atoms with van der Waals surface area (Å²) < 4.78 is 5.39. The molecule has 2 saturated carbocycles. The van der Waals surface area contributed by atoms with Gasteiger partial charge in [0.1, 0.15) is 0 Å². The highest BCUT2D eigenvalue weighted by Crippen LogP contribution is 2.48. The van der Waals surface area contributed by atoms with Crippen LogP contribution in [-0.4, -0.2) is 34.0 Å². The van der Waals surface area contributed by atoms with E-state index in [1.807, 2.05) is 12.1 Å². The van der Waals surface area contributed by atoms with Crippen molar-refractivity contribution in [3.8, 4) is 11.5 Å². The molecule has 0 saturated heterocycles. The molecule has 7 heteroatoms. The van der Waals surface area contributed by atoms with Crippen LogP contribution in [0, 0.1) is 24.7 Å². The lowest BCUT2D eigenvalue weighted by Gasteiger charge is -2.30. The number of hydrogen-bond acceptors (Lipinski definition) is 5. The third-order valence-electron chi connectivity index (χ3n) is 5.51. The van der Waals surface area contributed by atoms with Gasteiger partial charge in [0.05, 0.1) is 0 Å². The van der Waals surface area contributed by atoms with E-state index in [1.165, 1.54) is 6.42 Å². The summed E-state index contributed by atoms with van der Waals surface area (Å²) in [5, 5.41) is 23.3. The molecule has 2 aromatic rings. The average molecular weight is 342 g/mol. The van der Waals surface area contributed by atoms with Crippen LogP contribution in [0.3, 0.4) is 0 Å². The molecule has 0 spiro atoms. The first-order chi connectivity index (χ1) is 12.1. The first-order valence-corrected chi connectivity index (χ1v) is 8.73. The minimum atomic E-state index is -0.225. The number of carbonyl (C=O) groups excluding carboxylic acids is 1. The summed E-state index contributed by atoms with van der Waals surface area (Å²) in [5.74, 6) is 2.21. The number of anilines is 1. The number of carbonyl (C=O) groups is 1. The van der Waals surface area contributed by atoms with Gasteiger partial charge in [-0.1, -0.05) is 0 Å². The van der Waals surface area contributed by atoms with Crippen LogP contribution in [0.5, 0.6) is 0 Å². The van der Waals surface area contributed by atoms with E-state index < -0.39 is 0 Å². The smallest absolute Gasteiger partial charge is 0.319 e.